The van der Waals surface area contributed by atoms with Gasteiger partial charge in [-0.25, -0.2) is 0 Å². The summed E-state index contributed by atoms with van der Waals surface area (Å²) in [5.41, 5.74) is 5.66. The molecule has 6 nitrogen and oxygen atoms in total. The molecule has 0 aromatic heterocycles. The van der Waals surface area contributed by atoms with Crippen molar-refractivity contribution in [3.8, 4) is 0 Å². The number of amidine groups is 1. The molecule has 110 valence electrons. The van der Waals surface area contributed by atoms with Crippen LogP contribution in [0.4, 0.5) is 0 Å². The summed E-state index contributed by atoms with van der Waals surface area (Å²) in [4.78, 5) is 16.7. The molecular weight excluding hydrogens is 244 g/mol. The van der Waals surface area contributed by atoms with Crippen molar-refractivity contribution < 1.29 is 10.0 Å². The molecular formula is C13H26N4O2. The molecule has 2 atom stereocenters. The van der Waals surface area contributed by atoms with Gasteiger partial charge in [-0.1, -0.05) is 25.9 Å². The average Bonchev–Trinajstić information content (AvgIpc) is 2.37. The summed E-state index contributed by atoms with van der Waals surface area (Å²) >= 11 is 0. The number of carbonyl (C=O) groups is 1. The summed E-state index contributed by atoms with van der Waals surface area (Å²) in [6.45, 7) is 11.4. The fourth-order valence-corrected chi connectivity index (χ4v) is 2.68. The van der Waals surface area contributed by atoms with Crippen molar-refractivity contribution in [3.63, 3.8) is 0 Å². The van der Waals surface area contributed by atoms with Gasteiger partial charge in [0.1, 0.15) is 5.92 Å². The number of nitrogens with zero attached hydrogens (tertiary/aromatic N) is 3. The maximum atomic E-state index is 12.5. The zero-order valence-corrected chi connectivity index (χ0v) is 12.3. The van der Waals surface area contributed by atoms with Crippen LogP contribution in [0.25, 0.3) is 0 Å². The minimum absolute atomic E-state index is 0.00516. The summed E-state index contributed by atoms with van der Waals surface area (Å²) in [5, 5.41) is 11.8. The van der Waals surface area contributed by atoms with Gasteiger partial charge >= 0.3 is 0 Å². The first-order chi connectivity index (χ1) is 8.92. The van der Waals surface area contributed by atoms with Crippen LogP contribution in [0.5, 0.6) is 0 Å². The van der Waals surface area contributed by atoms with Crippen LogP contribution in [0.15, 0.2) is 5.16 Å². The SMILES string of the molecule is CCN1CCN(C(=O)C(C(N)=NO)C(C)C)CC1C. The zero-order chi connectivity index (χ0) is 14.6. The highest BCUT2D eigenvalue weighted by Crippen LogP contribution is 2.18. The Morgan fingerprint density at radius 1 is 1.47 bits per heavy atom. The van der Waals surface area contributed by atoms with E-state index in [9.17, 15) is 4.79 Å². The van der Waals surface area contributed by atoms with Crippen LogP contribution in [0.1, 0.15) is 27.7 Å². The number of carbonyl (C=O) groups excluding carboxylic acids is 1. The van der Waals surface area contributed by atoms with E-state index in [-0.39, 0.29) is 17.7 Å². The molecule has 6 heteroatoms. The Bertz CT molecular complexity index is 344. The molecule has 0 bridgehead atoms. The van der Waals surface area contributed by atoms with Crippen molar-refractivity contribution in [2.24, 2.45) is 22.7 Å². The second-order valence-corrected chi connectivity index (χ2v) is 5.51. The van der Waals surface area contributed by atoms with E-state index in [4.69, 9.17) is 10.9 Å². The number of hydrogen-bond donors (Lipinski definition) is 2. The molecule has 0 aromatic carbocycles. The van der Waals surface area contributed by atoms with E-state index < -0.39 is 5.92 Å². The highest BCUT2D eigenvalue weighted by atomic mass is 16.4. The van der Waals surface area contributed by atoms with Crippen molar-refractivity contribution in [3.05, 3.63) is 0 Å². The van der Waals surface area contributed by atoms with E-state index in [2.05, 4.69) is 23.9 Å². The van der Waals surface area contributed by atoms with Gasteiger partial charge in [-0.15, -0.1) is 0 Å². The van der Waals surface area contributed by atoms with Gasteiger partial charge in [0, 0.05) is 25.7 Å². The van der Waals surface area contributed by atoms with E-state index in [1.54, 1.807) is 0 Å². The normalized spacial score (nSPS) is 23.7. The molecule has 0 spiro atoms. The van der Waals surface area contributed by atoms with Crippen molar-refractivity contribution in [2.75, 3.05) is 26.2 Å². The molecule has 19 heavy (non-hydrogen) atoms. The van der Waals surface area contributed by atoms with Crippen molar-refractivity contribution in [2.45, 2.75) is 33.7 Å². The van der Waals surface area contributed by atoms with E-state index in [0.29, 0.717) is 19.1 Å². The molecule has 0 aromatic rings. The lowest BCUT2D eigenvalue weighted by Crippen LogP contribution is -2.56. The quantitative estimate of drug-likeness (QED) is 0.338. The summed E-state index contributed by atoms with van der Waals surface area (Å²) < 4.78 is 0. The van der Waals surface area contributed by atoms with Gasteiger partial charge in [-0.3, -0.25) is 9.69 Å². The molecule has 1 aliphatic heterocycles. The number of nitrogens with two attached hydrogens (primary N) is 1. The first-order valence-corrected chi connectivity index (χ1v) is 6.92. The topological polar surface area (TPSA) is 82.2 Å². The second-order valence-electron chi connectivity index (χ2n) is 5.51. The third-order valence-electron chi connectivity index (χ3n) is 3.85. The maximum Gasteiger partial charge on any atom is 0.233 e. The lowest BCUT2D eigenvalue weighted by molar-refractivity contribution is -0.137. The van der Waals surface area contributed by atoms with Crippen LogP contribution in [0.2, 0.25) is 0 Å². The van der Waals surface area contributed by atoms with Gasteiger partial charge in [0.05, 0.1) is 0 Å². The smallest absolute Gasteiger partial charge is 0.233 e. The Balaban J connectivity index is 2.77. The molecule has 1 fully saturated rings. The average molecular weight is 270 g/mol. The Hall–Kier alpha value is -1.30. The van der Waals surface area contributed by atoms with E-state index in [1.165, 1.54) is 0 Å². The van der Waals surface area contributed by atoms with Crippen LogP contribution in [-0.4, -0.2) is 59.0 Å². The Kier molecular flexibility index (Phi) is 5.60. The fraction of sp³-hybridized carbons (Fsp3) is 0.846. The van der Waals surface area contributed by atoms with Gasteiger partial charge in [0.15, 0.2) is 5.84 Å². The molecule has 3 N–H and O–H groups in total. The van der Waals surface area contributed by atoms with Crippen LogP contribution >= 0.6 is 0 Å². The number of likely N-dealkylation sites (N-methyl/N-ethyl adjacent to an activating group) is 1. The van der Waals surface area contributed by atoms with E-state index >= 15 is 0 Å². The largest absolute Gasteiger partial charge is 0.409 e. The van der Waals surface area contributed by atoms with Gasteiger partial charge < -0.3 is 15.8 Å². The van der Waals surface area contributed by atoms with Crippen molar-refractivity contribution in [1.82, 2.24) is 9.80 Å². The number of rotatable bonds is 4. The number of amides is 1. The van der Waals surface area contributed by atoms with Crippen molar-refractivity contribution >= 4 is 11.7 Å². The standard InChI is InChI=1S/C13H26N4O2/c1-5-16-6-7-17(8-10(16)4)13(18)11(9(2)3)12(14)15-19/h9-11,19H,5-8H2,1-4H3,(H2,14,15). The minimum Gasteiger partial charge on any atom is -0.409 e. The zero-order valence-electron chi connectivity index (χ0n) is 12.3. The molecule has 1 saturated heterocycles. The van der Waals surface area contributed by atoms with Crippen LogP contribution in [0.3, 0.4) is 0 Å². The van der Waals surface area contributed by atoms with Crippen LogP contribution < -0.4 is 5.73 Å². The molecule has 0 radical (unpaired) electrons. The third-order valence-corrected chi connectivity index (χ3v) is 3.85. The number of piperazine rings is 1. The summed E-state index contributed by atoms with van der Waals surface area (Å²) in [6, 6.07) is 0.350. The fourth-order valence-electron chi connectivity index (χ4n) is 2.68. The molecule has 2 unspecified atom stereocenters. The van der Waals surface area contributed by atoms with Gasteiger partial charge in [-0.2, -0.15) is 0 Å². The molecule has 1 rings (SSSR count). The molecule has 0 saturated carbocycles. The lowest BCUT2D eigenvalue weighted by atomic mass is 9.92. The first-order valence-electron chi connectivity index (χ1n) is 6.92. The van der Waals surface area contributed by atoms with E-state index in [1.807, 2.05) is 18.7 Å². The lowest BCUT2D eigenvalue weighted by Gasteiger charge is -2.40. The van der Waals surface area contributed by atoms with E-state index in [0.717, 1.165) is 13.1 Å². The maximum absolute atomic E-state index is 12.5. The third kappa shape index (κ3) is 3.59. The monoisotopic (exact) mass is 270 g/mol. The highest BCUT2D eigenvalue weighted by Gasteiger charge is 2.34. The number of hydrogen-bond acceptors (Lipinski definition) is 4. The Morgan fingerprint density at radius 2 is 2.11 bits per heavy atom. The predicted octanol–water partition coefficient (Wildman–Crippen LogP) is 0.558. The highest BCUT2D eigenvalue weighted by molar-refractivity contribution is 6.02. The second kappa shape index (κ2) is 6.75. The van der Waals surface area contributed by atoms with Gasteiger partial charge in [0.25, 0.3) is 0 Å². The molecule has 1 amide bonds. The van der Waals surface area contributed by atoms with Crippen molar-refractivity contribution in [1.29, 1.82) is 0 Å². The molecule has 1 heterocycles. The van der Waals surface area contributed by atoms with Gasteiger partial charge in [-0.05, 0) is 19.4 Å². The van der Waals surface area contributed by atoms with Crippen LogP contribution in [-0.2, 0) is 4.79 Å². The summed E-state index contributed by atoms with van der Waals surface area (Å²) in [6.07, 6.45) is 0. The predicted molar refractivity (Wildman–Crippen MR) is 75.0 cm³/mol. The molecule has 1 aliphatic rings. The first kappa shape index (κ1) is 15.8. The minimum atomic E-state index is -0.537. The summed E-state index contributed by atoms with van der Waals surface area (Å²) in [5.74, 6) is -0.549. The number of oxime groups is 1. The molecule has 0 aliphatic carbocycles. The summed E-state index contributed by atoms with van der Waals surface area (Å²) in [7, 11) is 0. The Morgan fingerprint density at radius 3 is 2.53 bits per heavy atom. The van der Waals surface area contributed by atoms with Crippen LogP contribution in [0, 0.1) is 11.8 Å². The Labute approximate surface area is 115 Å². The van der Waals surface area contributed by atoms with Gasteiger partial charge in [0.2, 0.25) is 5.91 Å².